The molecule has 0 aromatic rings. The van der Waals surface area contributed by atoms with Gasteiger partial charge in [-0.1, -0.05) is 85.5 Å². The molecule has 2 atom stereocenters. The highest BCUT2D eigenvalue weighted by Crippen LogP contribution is 2.21. The van der Waals surface area contributed by atoms with Gasteiger partial charge >= 0.3 is 11.9 Å². The number of unbranched alkanes of at least 4 members (excludes halogenated alkanes) is 9. The first-order valence-electron chi connectivity index (χ1n) is 11.8. The molecule has 0 radical (unpaired) electrons. The van der Waals surface area contributed by atoms with Gasteiger partial charge in [-0.25, -0.2) is 0 Å². The minimum absolute atomic E-state index is 0.0139. The molecule has 0 saturated heterocycles. The van der Waals surface area contributed by atoms with E-state index in [2.05, 4.69) is 6.92 Å². The summed E-state index contributed by atoms with van der Waals surface area (Å²) in [5.41, 5.74) is 0. The summed E-state index contributed by atoms with van der Waals surface area (Å²) in [6.45, 7) is 9.30. The molecular formula is C24H46O4. The molecule has 0 fully saturated rings. The summed E-state index contributed by atoms with van der Waals surface area (Å²) >= 11 is 0. The van der Waals surface area contributed by atoms with Crippen LogP contribution in [-0.4, -0.2) is 25.2 Å². The number of esters is 2. The lowest BCUT2D eigenvalue weighted by Gasteiger charge is -2.18. The summed E-state index contributed by atoms with van der Waals surface area (Å²) in [6.07, 6.45) is 15.8. The number of hydrogen-bond acceptors (Lipinski definition) is 4. The zero-order valence-electron chi connectivity index (χ0n) is 19.1. The first-order valence-corrected chi connectivity index (χ1v) is 11.8. The first-order chi connectivity index (χ1) is 13.5. The molecule has 0 aliphatic heterocycles. The largest absolute Gasteiger partial charge is 0.466 e. The van der Waals surface area contributed by atoms with E-state index in [4.69, 9.17) is 9.47 Å². The molecule has 0 aliphatic rings. The third-order valence-electron chi connectivity index (χ3n) is 5.43. The fraction of sp³-hybridized carbons (Fsp3) is 0.917. The fourth-order valence-corrected chi connectivity index (χ4v) is 3.25. The molecule has 0 aliphatic carbocycles. The minimum atomic E-state index is -0.0385. The molecule has 2 unspecified atom stereocenters. The van der Waals surface area contributed by atoms with Crippen LogP contribution in [0, 0.1) is 11.8 Å². The molecule has 0 bridgehead atoms. The van der Waals surface area contributed by atoms with Crippen LogP contribution in [-0.2, 0) is 19.1 Å². The number of ether oxygens (including phenoxy) is 2. The van der Waals surface area contributed by atoms with E-state index >= 15 is 0 Å². The Morgan fingerprint density at radius 2 is 1.14 bits per heavy atom. The summed E-state index contributed by atoms with van der Waals surface area (Å²) in [6, 6.07) is 0. The van der Waals surface area contributed by atoms with E-state index in [-0.39, 0.29) is 17.9 Å². The molecule has 0 amide bonds. The van der Waals surface area contributed by atoms with E-state index in [1.165, 1.54) is 51.4 Å². The van der Waals surface area contributed by atoms with E-state index in [0.717, 1.165) is 32.1 Å². The van der Waals surface area contributed by atoms with Gasteiger partial charge in [0.1, 0.15) is 0 Å². The number of rotatable bonds is 19. The molecule has 0 saturated carbocycles. The van der Waals surface area contributed by atoms with Crippen molar-refractivity contribution in [3.8, 4) is 0 Å². The normalized spacial score (nSPS) is 13.1. The van der Waals surface area contributed by atoms with Crippen LogP contribution in [0.2, 0.25) is 0 Å². The molecule has 0 rings (SSSR count). The number of carbonyl (C=O) groups excluding carboxylic acids is 2. The maximum Gasteiger partial charge on any atom is 0.308 e. The fourth-order valence-electron chi connectivity index (χ4n) is 3.25. The van der Waals surface area contributed by atoms with Crippen molar-refractivity contribution < 1.29 is 19.1 Å². The smallest absolute Gasteiger partial charge is 0.308 e. The van der Waals surface area contributed by atoms with Crippen molar-refractivity contribution >= 4 is 11.9 Å². The second-order valence-corrected chi connectivity index (χ2v) is 8.23. The summed E-state index contributed by atoms with van der Waals surface area (Å²) in [5.74, 6) is 0.347. The highest BCUT2D eigenvalue weighted by Gasteiger charge is 2.20. The predicted octanol–water partition coefficient (Wildman–Crippen LogP) is 6.85. The van der Waals surface area contributed by atoms with E-state index < -0.39 is 0 Å². The van der Waals surface area contributed by atoms with Gasteiger partial charge in [0.25, 0.3) is 0 Å². The molecule has 0 aromatic carbocycles. The van der Waals surface area contributed by atoms with E-state index in [9.17, 15) is 9.59 Å². The van der Waals surface area contributed by atoms with Crippen LogP contribution in [0.5, 0.6) is 0 Å². The van der Waals surface area contributed by atoms with Crippen molar-refractivity contribution in [1.82, 2.24) is 0 Å². The highest BCUT2D eigenvalue weighted by atomic mass is 16.5. The molecule has 0 N–H and O–H groups in total. The number of carbonyl (C=O) groups is 2. The van der Waals surface area contributed by atoms with Crippen LogP contribution < -0.4 is 0 Å². The SMILES string of the molecule is CCCOC(=O)CCCCCCCCCCCCC(C)C(C)C(=O)OCCC. The monoisotopic (exact) mass is 398 g/mol. The van der Waals surface area contributed by atoms with Crippen molar-refractivity contribution in [3.63, 3.8) is 0 Å². The van der Waals surface area contributed by atoms with E-state index in [0.29, 0.717) is 25.6 Å². The van der Waals surface area contributed by atoms with Gasteiger partial charge in [0.05, 0.1) is 19.1 Å². The predicted molar refractivity (Wildman–Crippen MR) is 116 cm³/mol. The lowest BCUT2D eigenvalue weighted by molar-refractivity contribution is -0.149. The van der Waals surface area contributed by atoms with Crippen LogP contribution in [0.25, 0.3) is 0 Å². The Balaban J connectivity index is 3.39. The zero-order valence-corrected chi connectivity index (χ0v) is 19.1. The lowest BCUT2D eigenvalue weighted by atomic mass is 9.90. The Bertz CT molecular complexity index is 381. The average Bonchev–Trinajstić information content (AvgIpc) is 2.70. The Labute approximate surface area is 174 Å². The van der Waals surface area contributed by atoms with Crippen molar-refractivity contribution in [3.05, 3.63) is 0 Å². The summed E-state index contributed by atoms with van der Waals surface area (Å²) in [4.78, 5) is 23.2. The molecule has 4 heteroatoms. The third-order valence-corrected chi connectivity index (χ3v) is 5.43. The van der Waals surface area contributed by atoms with Gasteiger partial charge in [-0.05, 0) is 31.6 Å². The van der Waals surface area contributed by atoms with Crippen molar-refractivity contribution in [2.24, 2.45) is 11.8 Å². The maximum atomic E-state index is 11.9. The van der Waals surface area contributed by atoms with Gasteiger partial charge in [-0.3, -0.25) is 9.59 Å². The molecule has 28 heavy (non-hydrogen) atoms. The lowest BCUT2D eigenvalue weighted by Crippen LogP contribution is -2.21. The van der Waals surface area contributed by atoms with Crippen LogP contribution in [0.3, 0.4) is 0 Å². The Hall–Kier alpha value is -1.06. The molecule has 4 nitrogen and oxygen atoms in total. The van der Waals surface area contributed by atoms with Gasteiger partial charge in [0.15, 0.2) is 0 Å². The second kappa shape index (κ2) is 19.3. The molecule has 0 aromatic heterocycles. The summed E-state index contributed by atoms with van der Waals surface area (Å²) in [5, 5.41) is 0. The summed E-state index contributed by atoms with van der Waals surface area (Å²) in [7, 11) is 0. The van der Waals surface area contributed by atoms with Gasteiger partial charge in [-0.15, -0.1) is 0 Å². The highest BCUT2D eigenvalue weighted by molar-refractivity contribution is 5.72. The molecule has 0 spiro atoms. The summed E-state index contributed by atoms with van der Waals surface area (Å²) < 4.78 is 10.3. The molecular weight excluding hydrogens is 352 g/mol. The number of hydrogen-bond donors (Lipinski definition) is 0. The van der Waals surface area contributed by atoms with Crippen molar-refractivity contribution in [1.29, 1.82) is 0 Å². The van der Waals surface area contributed by atoms with E-state index in [1.54, 1.807) is 0 Å². The zero-order chi connectivity index (χ0) is 21.0. The average molecular weight is 399 g/mol. The quantitative estimate of drug-likeness (QED) is 0.176. The van der Waals surface area contributed by atoms with Crippen molar-refractivity contribution in [2.45, 2.75) is 118 Å². The topological polar surface area (TPSA) is 52.6 Å². The Morgan fingerprint density at radius 3 is 1.68 bits per heavy atom. The van der Waals surface area contributed by atoms with Gasteiger partial charge in [0.2, 0.25) is 0 Å². The van der Waals surface area contributed by atoms with Crippen LogP contribution in [0.4, 0.5) is 0 Å². The Kier molecular flexibility index (Phi) is 18.5. The first kappa shape index (κ1) is 26.9. The van der Waals surface area contributed by atoms with Crippen LogP contribution in [0.15, 0.2) is 0 Å². The molecule has 166 valence electrons. The van der Waals surface area contributed by atoms with Crippen LogP contribution in [0.1, 0.15) is 118 Å². The van der Waals surface area contributed by atoms with Gasteiger partial charge in [0, 0.05) is 6.42 Å². The van der Waals surface area contributed by atoms with Gasteiger partial charge in [-0.2, -0.15) is 0 Å². The van der Waals surface area contributed by atoms with E-state index in [1.807, 2.05) is 20.8 Å². The maximum absolute atomic E-state index is 11.9. The van der Waals surface area contributed by atoms with Crippen molar-refractivity contribution in [2.75, 3.05) is 13.2 Å². The van der Waals surface area contributed by atoms with Crippen LogP contribution >= 0.6 is 0 Å². The Morgan fingerprint density at radius 1 is 0.679 bits per heavy atom. The standard InChI is InChI=1S/C24H46O4/c1-5-19-27-23(25)18-16-14-12-10-8-7-9-11-13-15-17-21(3)22(4)24(26)28-20-6-2/h21-22H,5-20H2,1-4H3. The third kappa shape index (κ3) is 15.9. The minimum Gasteiger partial charge on any atom is -0.466 e. The van der Waals surface area contributed by atoms with Gasteiger partial charge < -0.3 is 9.47 Å². The second-order valence-electron chi connectivity index (χ2n) is 8.23. The molecule has 0 heterocycles.